The third-order valence-electron chi connectivity index (χ3n) is 6.00. The number of benzene rings is 1. The van der Waals surface area contributed by atoms with Crippen molar-refractivity contribution in [3.63, 3.8) is 0 Å². The van der Waals surface area contributed by atoms with Gasteiger partial charge in [0, 0.05) is 46.0 Å². The number of fused-ring (bicyclic) bond motifs is 1. The second-order valence-electron chi connectivity index (χ2n) is 7.88. The van der Waals surface area contributed by atoms with Gasteiger partial charge in [0.25, 0.3) is 0 Å². The van der Waals surface area contributed by atoms with Gasteiger partial charge in [0.05, 0.1) is 18.4 Å². The fourth-order valence-electron chi connectivity index (χ4n) is 3.98. The summed E-state index contributed by atoms with van der Waals surface area (Å²) in [5, 5.41) is 6.73. The number of urea groups is 1. The highest BCUT2D eigenvalue weighted by Gasteiger charge is 2.29. The van der Waals surface area contributed by atoms with E-state index in [2.05, 4.69) is 38.9 Å². The van der Waals surface area contributed by atoms with E-state index in [-0.39, 0.29) is 6.03 Å². The fraction of sp³-hybridized carbons (Fsp3) is 0.409. The Morgan fingerprint density at radius 1 is 1.25 bits per heavy atom. The minimum absolute atomic E-state index is 0.121. The summed E-state index contributed by atoms with van der Waals surface area (Å²) in [4.78, 5) is 29.6. The molecule has 1 aromatic heterocycles. The molecule has 0 radical (unpaired) electrons. The molecule has 2 amide bonds. The summed E-state index contributed by atoms with van der Waals surface area (Å²) < 4.78 is 0. The lowest BCUT2D eigenvalue weighted by Gasteiger charge is -2.36. The number of anilines is 4. The van der Waals surface area contributed by atoms with E-state index in [0.29, 0.717) is 29.2 Å². The number of halogens is 1. The zero-order valence-electron chi connectivity index (χ0n) is 18.7. The summed E-state index contributed by atoms with van der Waals surface area (Å²) in [6.07, 6.45) is 1.64. The third-order valence-corrected chi connectivity index (χ3v) is 6.27. The first-order chi connectivity index (χ1) is 15.4. The number of carbonyl (C=O) groups excluding carboxylic acids is 1. The summed E-state index contributed by atoms with van der Waals surface area (Å²) >= 11 is 6.40. The number of nitrogens with zero attached hydrogens (tertiary/aromatic N) is 6. The number of hydrogen-bond acceptors (Lipinski definition) is 7. The van der Waals surface area contributed by atoms with Crippen molar-refractivity contribution >= 4 is 40.8 Å². The van der Waals surface area contributed by atoms with Crippen LogP contribution in [-0.4, -0.2) is 72.6 Å². The molecule has 9 nitrogen and oxygen atoms in total. The van der Waals surface area contributed by atoms with E-state index < -0.39 is 0 Å². The summed E-state index contributed by atoms with van der Waals surface area (Å²) in [5.41, 5.74) is 2.70. The van der Waals surface area contributed by atoms with Crippen molar-refractivity contribution in [1.29, 1.82) is 0 Å². The lowest BCUT2D eigenvalue weighted by molar-refractivity contribution is 0.212. The molecule has 0 aliphatic carbocycles. The molecule has 2 aliphatic rings. The molecule has 3 heterocycles. The van der Waals surface area contributed by atoms with Crippen LogP contribution in [0.5, 0.6) is 0 Å². The van der Waals surface area contributed by atoms with Crippen molar-refractivity contribution in [3.05, 3.63) is 47.4 Å². The molecule has 2 aliphatic heterocycles. The lowest BCUT2D eigenvalue weighted by atomic mass is 10.1. The van der Waals surface area contributed by atoms with Crippen molar-refractivity contribution in [3.8, 4) is 0 Å². The zero-order chi connectivity index (χ0) is 22.8. The van der Waals surface area contributed by atoms with Crippen LogP contribution in [0.1, 0.15) is 12.5 Å². The summed E-state index contributed by atoms with van der Waals surface area (Å²) in [5.74, 6) is 1.79. The highest BCUT2D eigenvalue weighted by Crippen LogP contribution is 2.33. The quantitative estimate of drug-likeness (QED) is 0.691. The fourth-order valence-corrected chi connectivity index (χ4v) is 4.12. The standard InChI is InChI=1S/C22H29ClN8O/c1-5-29-8-10-30(11-9-29)21-25-13-18(23)20(27-21)26-17-6-7-19-16(12-17)14-31(15(2)24-3)22(32)28(19)4/h6-7,12-13,24H,2,5,8-11,14H2,1,3-4H3,(H,25,26,27). The minimum atomic E-state index is -0.121. The van der Waals surface area contributed by atoms with E-state index in [1.54, 1.807) is 30.1 Å². The van der Waals surface area contributed by atoms with Gasteiger partial charge in [-0.1, -0.05) is 25.1 Å². The average Bonchev–Trinajstić information content (AvgIpc) is 2.82. The average molecular weight is 457 g/mol. The normalized spacial score (nSPS) is 16.8. The third kappa shape index (κ3) is 4.31. The van der Waals surface area contributed by atoms with Crippen molar-refractivity contribution in [2.24, 2.45) is 0 Å². The molecule has 0 bridgehead atoms. The number of amides is 2. The van der Waals surface area contributed by atoms with Crippen LogP contribution < -0.4 is 20.4 Å². The summed E-state index contributed by atoms with van der Waals surface area (Å²) in [6.45, 7) is 11.4. The van der Waals surface area contributed by atoms with Crippen LogP contribution in [0.4, 0.5) is 27.9 Å². The maximum absolute atomic E-state index is 12.6. The molecule has 2 aromatic rings. The van der Waals surface area contributed by atoms with E-state index in [1.165, 1.54) is 0 Å². The minimum Gasteiger partial charge on any atom is -0.375 e. The van der Waals surface area contributed by atoms with Crippen molar-refractivity contribution in [2.45, 2.75) is 13.5 Å². The molecule has 2 N–H and O–H groups in total. The molecule has 1 aromatic carbocycles. The monoisotopic (exact) mass is 456 g/mol. The first-order valence-electron chi connectivity index (χ1n) is 10.7. The molecular weight excluding hydrogens is 428 g/mol. The van der Waals surface area contributed by atoms with Crippen LogP contribution in [0.15, 0.2) is 36.8 Å². The van der Waals surface area contributed by atoms with E-state index >= 15 is 0 Å². The van der Waals surface area contributed by atoms with Gasteiger partial charge in [-0.3, -0.25) is 9.80 Å². The Morgan fingerprint density at radius 3 is 2.69 bits per heavy atom. The SMILES string of the molecule is C=C(NC)N1Cc2cc(Nc3nc(N4CCN(CC)CC4)ncc3Cl)ccc2N(C)C1=O. The molecule has 32 heavy (non-hydrogen) atoms. The Balaban J connectivity index is 1.55. The van der Waals surface area contributed by atoms with Gasteiger partial charge in [-0.2, -0.15) is 4.98 Å². The van der Waals surface area contributed by atoms with Crippen molar-refractivity contribution < 1.29 is 4.79 Å². The van der Waals surface area contributed by atoms with Gasteiger partial charge in [-0.15, -0.1) is 0 Å². The Morgan fingerprint density at radius 2 is 2.00 bits per heavy atom. The molecule has 1 fully saturated rings. The van der Waals surface area contributed by atoms with E-state index in [9.17, 15) is 4.79 Å². The molecule has 0 saturated carbocycles. The number of likely N-dealkylation sites (N-methyl/N-ethyl adjacent to an activating group) is 1. The smallest absolute Gasteiger partial charge is 0.330 e. The second-order valence-corrected chi connectivity index (χ2v) is 8.29. The number of aromatic nitrogens is 2. The molecule has 10 heteroatoms. The highest BCUT2D eigenvalue weighted by molar-refractivity contribution is 6.32. The van der Waals surface area contributed by atoms with Crippen LogP contribution in [-0.2, 0) is 6.54 Å². The maximum atomic E-state index is 12.6. The number of hydrogen-bond donors (Lipinski definition) is 2. The van der Waals surface area contributed by atoms with Gasteiger partial charge < -0.3 is 20.4 Å². The van der Waals surface area contributed by atoms with E-state index in [1.807, 2.05) is 18.2 Å². The predicted molar refractivity (Wildman–Crippen MR) is 129 cm³/mol. The number of rotatable bonds is 6. The first kappa shape index (κ1) is 22.2. The van der Waals surface area contributed by atoms with Crippen LogP contribution in [0.3, 0.4) is 0 Å². The summed E-state index contributed by atoms with van der Waals surface area (Å²) in [7, 11) is 3.51. The Labute approximate surface area is 193 Å². The highest BCUT2D eigenvalue weighted by atomic mass is 35.5. The number of nitrogens with one attached hydrogen (secondary N) is 2. The molecule has 0 atom stereocenters. The van der Waals surface area contributed by atoms with Gasteiger partial charge >= 0.3 is 6.03 Å². The molecule has 0 spiro atoms. The molecule has 170 valence electrons. The first-order valence-corrected chi connectivity index (χ1v) is 11.1. The Hall–Kier alpha value is -3.04. The van der Waals surface area contributed by atoms with Gasteiger partial charge in [0.2, 0.25) is 5.95 Å². The predicted octanol–water partition coefficient (Wildman–Crippen LogP) is 3.08. The van der Waals surface area contributed by atoms with Crippen LogP contribution in [0.2, 0.25) is 5.02 Å². The summed E-state index contributed by atoms with van der Waals surface area (Å²) in [6, 6.07) is 5.73. The Bertz CT molecular complexity index is 1020. The van der Waals surface area contributed by atoms with Gasteiger partial charge in [-0.25, -0.2) is 9.78 Å². The van der Waals surface area contributed by atoms with Gasteiger partial charge in [-0.05, 0) is 30.3 Å². The van der Waals surface area contributed by atoms with E-state index in [0.717, 1.165) is 49.7 Å². The zero-order valence-corrected chi connectivity index (χ0v) is 19.5. The lowest BCUT2D eigenvalue weighted by Crippen LogP contribution is -2.46. The van der Waals surface area contributed by atoms with Gasteiger partial charge in [0.1, 0.15) is 10.8 Å². The largest absolute Gasteiger partial charge is 0.375 e. The molecule has 1 saturated heterocycles. The molecular formula is C22H29ClN8O. The topological polar surface area (TPSA) is 79.9 Å². The number of piperazine rings is 1. The van der Waals surface area contributed by atoms with Crippen molar-refractivity contribution in [2.75, 3.05) is 61.9 Å². The Kier molecular flexibility index (Phi) is 6.38. The van der Waals surface area contributed by atoms with Crippen molar-refractivity contribution in [1.82, 2.24) is 25.1 Å². The molecule has 4 rings (SSSR count). The van der Waals surface area contributed by atoms with E-state index in [4.69, 9.17) is 16.6 Å². The second kappa shape index (κ2) is 9.22. The van der Waals surface area contributed by atoms with Crippen LogP contribution >= 0.6 is 11.6 Å². The van der Waals surface area contributed by atoms with Crippen LogP contribution in [0, 0.1) is 0 Å². The van der Waals surface area contributed by atoms with Crippen LogP contribution in [0.25, 0.3) is 0 Å². The van der Waals surface area contributed by atoms with Gasteiger partial charge in [0.15, 0.2) is 5.82 Å². The maximum Gasteiger partial charge on any atom is 0.330 e. The number of carbonyl (C=O) groups is 1. The molecule has 0 unspecified atom stereocenters.